The van der Waals surface area contributed by atoms with Crippen molar-refractivity contribution in [3.8, 4) is 5.75 Å². The van der Waals surface area contributed by atoms with Crippen molar-refractivity contribution in [3.05, 3.63) is 47.3 Å². The van der Waals surface area contributed by atoms with Crippen molar-refractivity contribution in [3.63, 3.8) is 0 Å². The predicted molar refractivity (Wildman–Crippen MR) is 105 cm³/mol. The van der Waals surface area contributed by atoms with Crippen LogP contribution in [-0.2, 0) is 6.42 Å². The second kappa shape index (κ2) is 7.68. The van der Waals surface area contributed by atoms with Gasteiger partial charge in [0.25, 0.3) is 5.78 Å². The molecule has 2 heterocycles. The number of nitrogens with zero attached hydrogens (tertiary/aromatic N) is 4. The third kappa shape index (κ3) is 3.69. The Morgan fingerprint density at radius 3 is 2.78 bits per heavy atom. The number of ketones is 1. The van der Waals surface area contributed by atoms with Crippen LogP contribution in [0.15, 0.2) is 35.6 Å². The Kier molecular flexibility index (Phi) is 5.11. The molecular formula is C20H22N4O2S. The summed E-state index contributed by atoms with van der Waals surface area (Å²) in [4.78, 5) is 21.9. The monoisotopic (exact) mass is 382 g/mol. The van der Waals surface area contributed by atoms with Gasteiger partial charge in [-0.15, -0.1) is 5.10 Å². The molecule has 3 aromatic rings. The smallest absolute Gasteiger partial charge is 0.253 e. The Labute approximate surface area is 162 Å². The minimum Gasteiger partial charge on any atom is -0.497 e. The Morgan fingerprint density at radius 2 is 2.04 bits per heavy atom. The maximum Gasteiger partial charge on any atom is 0.253 e. The van der Waals surface area contributed by atoms with E-state index in [0.29, 0.717) is 17.8 Å². The number of Topliss-reactive ketones (excluding diaryl/α,β-unsaturated/α-hetero) is 1. The fourth-order valence-corrected chi connectivity index (χ4v) is 4.25. The molecule has 0 bridgehead atoms. The summed E-state index contributed by atoms with van der Waals surface area (Å²) >= 11 is 1.64. The van der Waals surface area contributed by atoms with Crippen LogP contribution in [0.2, 0.25) is 0 Å². The van der Waals surface area contributed by atoms with E-state index in [2.05, 4.69) is 22.0 Å². The summed E-state index contributed by atoms with van der Waals surface area (Å²) in [7, 11) is 1.65. The molecule has 1 aliphatic rings. The van der Waals surface area contributed by atoms with Crippen molar-refractivity contribution in [2.45, 2.75) is 43.7 Å². The summed E-state index contributed by atoms with van der Waals surface area (Å²) in [5, 5.41) is 5.18. The van der Waals surface area contributed by atoms with E-state index in [1.807, 2.05) is 24.3 Å². The van der Waals surface area contributed by atoms with Gasteiger partial charge in [-0.1, -0.05) is 37.2 Å². The first-order valence-corrected chi connectivity index (χ1v) is 10.2. The lowest BCUT2D eigenvalue weighted by Crippen LogP contribution is -2.21. The Bertz CT molecular complexity index is 968. The quantitative estimate of drug-likeness (QED) is 0.475. The lowest BCUT2D eigenvalue weighted by Gasteiger charge is -2.23. The third-order valence-corrected chi connectivity index (χ3v) is 5.80. The summed E-state index contributed by atoms with van der Waals surface area (Å²) in [5.41, 5.74) is 2.62. The number of thioether (sulfide) groups is 1. The van der Waals surface area contributed by atoms with Gasteiger partial charge in [-0.25, -0.2) is 9.50 Å². The molecule has 27 heavy (non-hydrogen) atoms. The number of hydrogen-bond donors (Lipinski definition) is 0. The number of fused-ring (bicyclic) bond motifs is 2. The highest BCUT2D eigenvalue weighted by molar-refractivity contribution is 7.99. The maximum absolute atomic E-state index is 12.7. The van der Waals surface area contributed by atoms with Crippen molar-refractivity contribution in [1.29, 1.82) is 0 Å². The molecule has 0 saturated carbocycles. The average Bonchev–Trinajstić information content (AvgIpc) is 3.08. The van der Waals surface area contributed by atoms with Gasteiger partial charge in [0.05, 0.1) is 18.4 Å². The molecule has 0 aliphatic heterocycles. The molecule has 1 aliphatic carbocycles. The number of rotatable bonds is 6. The number of ether oxygens (including phenoxy) is 1. The zero-order chi connectivity index (χ0) is 18.8. The number of aromatic nitrogens is 4. The van der Waals surface area contributed by atoms with E-state index < -0.39 is 0 Å². The van der Waals surface area contributed by atoms with Crippen molar-refractivity contribution in [1.82, 2.24) is 19.6 Å². The van der Waals surface area contributed by atoms with Crippen LogP contribution in [0, 0.1) is 0 Å². The predicted octanol–water partition coefficient (Wildman–Crippen LogP) is 3.94. The van der Waals surface area contributed by atoms with Gasteiger partial charge in [0.1, 0.15) is 5.75 Å². The Morgan fingerprint density at radius 1 is 1.22 bits per heavy atom. The number of methoxy groups -OCH3 is 1. The standard InChI is InChI=1S/C20H22N4O2S/c1-3-4-9-27-20-22-19-21-17-10-14(13-5-7-15(26-2)8-6-13)11-18(25)16(17)12-24(19)23-20/h5-8,12,14H,3-4,9-11H2,1-2H3/t14-/m1/s1. The fourth-order valence-electron chi connectivity index (χ4n) is 3.35. The number of unbranched alkanes of at least 4 members (excludes halogenated alkanes) is 1. The molecule has 1 atom stereocenters. The fraction of sp³-hybridized carbons (Fsp3) is 0.400. The lowest BCUT2D eigenvalue weighted by atomic mass is 9.82. The highest BCUT2D eigenvalue weighted by atomic mass is 32.2. The van der Waals surface area contributed by atoms with Gasteiger partial charge >= 0.3 is 0 Å². The van der Waals surface area contributed by atoms with E-state index in [9.17, 15) is 4.79 Å². The van der Waals surface area contributed by atoms with Crippen molar-refractivity contribution in [2.75, 3.05) is 12.9 Å². The average molecular weight is 382 g/mol. The molecule has 4 rings (SSSR count). The molecule has 140 valence electrons. The van der Waals surface area contributed by atoms with Crippen LogP contribution in [0.3, 0.4) is 0 Å². The zero-order valence-corrected chi connectivity index (χ0v) is 16.3. The molecule has 6 nitrogen and oxygen atoms in total. The third-order valence-electron chi connectivity index (χ3n) is 4.88. The van der Waals surface area contributed by atoms with Gasteiger partial charge in [0.15, 0.2) is 5.78 Å². The summed E-state index contributed by atoms with van der Waals surface area (Å²) < 4.78 is 6.86. The van der Waals surface area contributed by atoms with Crippen LogP contribution < -0.4 is 4.74 Å². The van der Waals surface area contributed by atoms with Crippen LogP contribution in [0.5, 0.6) is 5.75 Å². The van der Waals surface area contributed by atoms with Gasteiger partial charge in [0.2, 0.25) is 5.16 Å². The molecule has 0 radical (unpaired) electrons. The highest BCUT2D eigenvalue weighted by Crippen LogP contribution is 2.32. The lowest BCUT2D eigenvalue weighted by molar-refractivity contribution is 0.0962. The van der Waals surface area contributed by atoms with E-state index in [-0.39, 0.29) is 11.7 Å². The minimum absolute atomic E-state index is 0.113. The van der Waals surface area contributed by atoms with E-state index >= 15 is 0 Å². The van der Waals surface area contributed by atoms with Crippen LogP contribution in [0.1, 0.15) is 53.7 Å². The number of carbonyl (C=O) groups is 1. The molecule has 1 aromatic carbocycles. The second-order valence-electron chi connectivity index (χ2n) is 6.74. The Hall–Kier alpha value is -2.41. The van der Waals surface area contributed by atoms with Crippen molar-refractivity contribution < 1.29 is 9.53 Å². The van der Waals surface area contributed by atoms with Crippen molar-refractivity contribution in [2.24, 2.45) is 0 Å². The molecule has 0 saturated heterocycles. The first kappa shape index (κ1) is 18.0. The van der Waals surface area contributed by atoms with Crippen LogP contribution in [0.25, 0.3) is 5.78 Å². The topological polar surface area (TPSA) is 69.4 Å². The molecule has 7 heteroatoms. The summed E-state index contributed by atoms with van der Waals surface area (Å²) in [6.45, 7) is 2.16. The molecule has 2 aromatic heterocycles. The minimum atomic E-state index is 0.113. The largest absolute Gasteiger partial charge is 0.497 e. The van der Waals surface area contributed by atoms with E-state index in [1.165, 1.54) is 0 Å². The van der Waals surface area contributed by atoms with Gasteiger partial charge in [0, 0.05) is 18.4 Å². The Balaban J connectivity index is 1.60. The SMILES string of the molecule is CCCCSc1nc2nc3c(cn2n1)C(=O)C[C@H](c1ccc(OC)cc1)C3. The van der Waals surface area contributed by atoms with Gasteiger partial charge in [-0.2, -0.15) is 4.98 Å². The first-order valence-electron chi connectivity index (χ1n) is 9.24. The highest BCUT2D eigenvalue weighted by Gasteiger charge is 2.28. The summed E-state index contributed by atoms with van der Waals surface area (Å²) in [6.07, 6.45) is 5.29. The summed E-state index contributed by atoms with van der Waals surface area (Å²) in [6, 6.07) is 7.92. The molecule has 0 fully saturated rings. The maximum atomic E-state index is 12.7. The van der Waals surface area contributed by atoms with E-state index in [1.54, 1.807) is 29.6 Å². The molecule has 0 amide bonds. The molecule has 0 spiro atoms. The normalized spacial score (nSPS) is 16.5. The van der Waals surface area contributed by atoms with Gasteiger partial charge in [-0.05, 0) is 36.5 Å². The molecule has 0 unspecified atom stereocenters. The molecule has 0 N–H and O–H groups in total. The van der Waals surface area contributed by atoms with E-state index in [0.717, 1.165) is 47.2 Å². The van der Waals surface area contributed by atoms with Gasteiger partial charge in [-0.3, -0.25) is 4.79 Å². The van der Waals surface area contributed by atoms with Crippen LogP contribution >= 0.6 is 11.8 Å². The number of benzene rings is 1. The molecular weight excluding hydrogens is 360 g/mol. The number of hydrogen-bond acceptors (Lipinski definition) is 6. The van der Waals surface area contributed by atoms with Gasteiger partial charge < -0.3 is 4.74 Å². The van der Waals surface area contributed by atoms with E-state index in [4.69, 9.17) is 4.74 Å². The summed E-state index contributed by atoms with van der Waals surface area (Å²) in [5.74, 6) is 2.62. The zero-order valence-electron chi connectivity index (χ0n) is 15.5. The van der Waals surface area contributed by atoms with Crippen LogP contribution in [-0.4, -0.2) is 38.2 Å². The first-order chi connectivity index (χ1) is 13.2. The second-order valence-corrected chi connectivity index (χ2v) is 7.81. The van der Waals surface area contributed by atoms with Crippen molar-refractivity contribution >= 4 is 23.3 Å². The number of carbonyl (C=O) groups excluding carboxylic acids is 1. The van der Waals surface area contributed by atoms with Crippen LogP contribution in [0.4, 0.5) is 0 Å².